The summed E-state index contributed by atoms with van der Waals surface area (Å²) in [6.45, 7) is 2.72. The van der Waals surface area contributed by atoms with Crippen LogP contribution in [-0.2, 0) is 6.54 Å². The summed E-state index contributed by atoms with van der Waals surface area (Å²) in [6.07, 6.45) is 3.38. The number of pyridine rings is 1. The number of anilines is 1. The molecule has 0 atom stereocenters. The SMILES string of the molecule is CCOc1c(Cl)cccc1NC(=O)NCc1cccnc1. The molecule has 2 amide bonds. The maximum Gasteiger partial charge on any atom is 0.319 e. The summed E-state index contributed by atoms with van der Waals surface area (Å²) in [5.41, 5.74) is 1.46. The first kappa shape index (κ1) is 15.1. The number of amides is 2. The van der Waals surface area contributed by atoms with Crippen LogP contribution in [0.1, 0.15) is 12.5 Å². The van der Waals surface area contributed by atoms with Gasteiger partial charge in [0.25, 0.3) is 0 Å². The predicted octanol–water partition coefficient (Wildman–Crippen LogP) is 3.46. The average molecular weight is 306 g/mol. The Morgan fingerprint density at radius 1 is 1.33 bits per heavy atom. The summed E-state index contributed by atoms with van der Waals surface area (Å²) >= 11 is 6.06. The van der Waals surface area contributed by atoms with Crippen molar-refractivity contribution in [2.24, 2.45) is 0 Å². The lowest BCUT2D eigenvalue weighted by molar-refractivity contribution is 0.251. The van der Waals surface area contributed by atoms with E-state index in [2.05, 4.69) is 15.6 Å². The number of halogens is 1. The maximum absolute atomic E-state index is 11.9. The quantitative estimate of drug-likeness (QED) is 0.889. The van der Waals surface area contributed by atoms with Gasteiger partial charge in [0.15, 0.2) is 5.75 Å². The van der Waals surface area contributed by atoms with E-state index in [0.29, 0.717) is 29.6 Å². The van der Waals surface area contributed by atoms with Gasteiger partial charge in [-0.15, -0.1) is 0 Å². The number of nitrogens with zero attached hydrogens (tertiary/aromatic N) is 1. The molecule has 2 aromatic rings. The molecular formula is C15H16ClN3O2. The first-order valence-corrected chi connectivity index (χ1v) is 6.93. The zero-order chi connectivity index (χ0) is 15.1. The second-order valence-corrected chi connectivity index (χ2v) is 4.63. The Hall–Kier alpha value is -2.27. The molecule has 0 aliphatic carbocycles. The molecule has 1 heterocycles. The van der Waals surface area contributed by atoms with E-state index in [1.165, 1.54) is 0 Å². The van der Waals surface area contributed by atoms with Crippen molar-refractivity contribution in [3.05, 3.63) is 53.3 Å². The van der Waals surface area contributed by atoms with Crippen molar-refractivity contribution in [1.82, 2.24) is 10.3 Å². The Kier molecular flexibility index (Phi) is 5.40. The molecule has 1 aromatic carbocycles. The third-order valence-corrected chi connectivity index (χ3v) is 2.98. The highest BCUT2D eigenvalue weighted by atomic mass is 35.5. The summed E-state index contributed by atoms with van der Waals surface area (Å²) in [6, 6.07) is 8.58. The number of carbonyl (C=O) groups excluding carboxylic acids is 1. The van der Waals surface area contributed by atoms with Crippen LogP contribution in [0.5, 0.6) is 5.75 Å². The number of urea groups is 1. The summed E-state index contributed by atoms with van der Waals surface area (Å²) < 4.78 is 5.45. The number of nitrogens with one attached hydrogen (secondary N) is 2. The minimum Gasteiger partial charge on any atom is -0.490 e. The fraction of sp³-hybridized carbons (Fsp3) is 0.200. The molecular weight excluding hydrogens is 290 g/mol. The molecule has 2 N–H and O–H groups in total. The zero-order valence-corrected chi connectivity index (χ0v) is 12.4. The van der Waals surface area contributed by atoms with Crippen molar-refractivity contribution in [2.45, 2.75) is 13.5 Å². The van der Waals surface area contributed by atoms with E-state index in [4.69, 9.17) is 16.3 Å². The van der Waals surface area contributed by atoms with Crippen LogP contribution in [0.2, 0.25) is 5.02 Å². The number of hydrogen-bond acceptors (Lipinski definition) is 3. The summed E-state index contributed by atoms with van der Waals surface area (Å²) in [4.78, 5) is 15.9. The van der Waals surface area contributed by atoms with Gasteiger partial charge in [0.1, 0.15) is 0 Å². The smallest absolute Gasteiger partial charge is 0.319 e. The summed E-state index contributed by atoms with van der Waals surface area (Å²) in [7, 11) is 0. The number of rotatable bonds is 5. The minimum atomic E-state index is -0.331. The van der Waals surface area contributed by atoms with Crippen molar-refractivity contribution in [3.63, 3.8) is 0 Å². The number of aromatic nitrogens is 1. The van der Waals surface area contributed by atoms with Crippen molar-refractivity contribution in [2.75, 3.05) is 11.9 Å². The first-order chi connectivity index (χ1) is 10.2. The highest BCUT2D eigenvalue weighted by Gasteiger charge is 2.10. The van der Waals surface area contributed by atoms with Crippen LogP contribution in [0.3, 0.4) is 0 Å². The predicted molar refractivity (Wildman–Crippen MR) is 82.7 cm³/mol. The average Bonchev–Trinajstić information content (AvgIpc) is 2.50. The molecule has 5 nitrogen and oxygen atoms in total. The minimum absolute atomic E-state index is 0.331. The lowest BCUT2D eigenvalue weighted by atomic mass is 10.3. The molecule has 6 heteroatoms. The molecule has 110 valence electrons. The summed E-state index contributed by atoms with van der Waals surface area (Å²) in [5, 5.41) is 5.93. The van der Waals surface area contributed by atoms with Crippen molar-refractivity contribution >= 4 is 23.3 Å². The van der Waals surface area contributed by atoms with E-state index in [0.717, 1.165) is 5.56 Å². The molecule has 0 spiro atoms. The molecule has 1 aromatic heterocycles. The van der Waals surface area contributed by atoms with E-state index in [1.54, 1.807) is 30.6 Å². The lowest BCUT2D eigenvalue weighted by Gasteiger charge is -2.13. The van der Waals surface area contributed by atoms with Gasteiger partial charge < -0.3 is 15.4 Å². The van der Waals surface area contributed by atoms with Crippen LogP contribution in [0.4, 0.5) is 10.5 Å². The van der Waals surface area contributed by atoms with E-state index in [9.17, 15) is 4.79 Å². The molecule has 21 heavy (non-hydrogen) atoms. The van der Waals surface area contributed by atoms with Crippen LogP contribution < -0.4 is 15.4 Å². The van der Waals surface area contributed by atoms with E-state index in [1.807, 2.05) is 19.1 Å². The number of para-hydroxylation sites is 1. The highest BCUT2D eigenvalue weighted by Crippen LogP contribution is 2.32. The van der Waals surface area contributed by atoms with Crippen LogP contribution in [0.15, 0.2) is 42.7 Å². The monoisotopic (exact) mass is 305 g/mol. The fourth-order valence-electron chi connectivity index (χ4n) is 1.75. The first-order valence-electron chi connectivity index (χ1n) is 6.55. The molecule has 0 fully saturated rings. The van der Waals surface area contributed by atoms with Gasteiger partial charge in [-0.3, -0.25) is 4.98 Å². The molecule has 0 aliphatic heterocycles. The number of ether oxygens (including phenoxy) is 1. The Morgan fingerprint density at radius 3 is 2.90 bits per heavy atom. The third kappa shape index (κ3) is 4.36. The van der Waals surface area contributed by atoms with Gasteiger partial charge >= 0.3 is 6.03 Å². The maximum atomic E-state index is 11.9. The Bertz CT molecular complexity index is 605. The third-order valence-electron chi connectivity index (χ3n) is 2.68. The van der Waals surface area contributed by atoms with Gasteiger partial charge in [-0.2, -0.15) is 0 Å². The molecule has 0 saturated heterocycles. The molecule has 0 unspecified atom stereocenters. The Labute approximate surface area is 128 Å². The van der Waals surface area contributed by atoms with Crippen molar-refractivity contribution in [1.29, 1.82) is 0 Å². The second-order valence-electron chi connectivity index (χ2n) is 4.22. The number of benzene rings is 1. The standard InChI is InChI=1S/C15H16ClN3O2/c1-2-21-14-12(16)6-3-7-13(14)19-15(20)18-10-11-5-4-8-17-9-11/h3-9H,2,10H2,1H3,(H2,18,19,20). The molecule has 0 bridgehead atoms. The number of carbonyl (C=O) groups is 1. The van der Waals surface area contributed by atoms with E-state index < -0.39 is 0 Å². The van der Waals surface area contributed by atoms with Gasteiger partial charge in [-0.1, -0.05) is 23.7 Å². The largest absolute Gasteiger partial charge is 0.490 e. The molecule has 0 saturated carbocycles. The van der Waals surface area contributed by atoms with Gasteiger partial charge in [-0.25, -0.2) is 4.79 Å². The van der Waals surface area contributed by atoms with Crippen molar-refractivity contribution < 1.29 is 9.53 Å². The van der Waals surface area contributed by atoms with E-state index >= 15 is 0 Å². The van der Waals surface area contributed by atoms with Gasteiger partial charge in [0.05, 0.1) is 17.3 Å². The topological polar surface area (TPSA) is 63.2 Å². The second kappa shape index (κ2) is 7.50. The Balaban J connectivity index is 1.98. The van der Waals surface area contributed by atoms with Crippen LogP contribution >= 0.6 is 11.6 Å². The normalized spacial score (nSPS) is 10.0. The lowest BCUT2D eigenvalue weighted by Crippen LogP contribution is -2.28. The molecule has 0 radical (unpaired) electrons. The fourth-order valence-corrected chi connectivity index (χ4v) is 1.98. The van der Waals surface area contributed by atoms with Gasteiger partial charge in [0.2, 0.25) is 0 Å². The Morgan fingerprint density at radius 2 is 2.19 bits per heavy atom. The van der Waals surface area contributed by atoms with Crippen LogP contribution in [0.25, 0.3) is 0 Å². The van der Waals surface area contributed by atoms with Crippen LogP contribution in [-0.4, -0.2) is 17.6 Å². The van der Waals surface area contributed by atoms with Crippen LogP contribution in [0, 0.1) is 0 Å². The van der Waals surface area contributed by atoms with E-state index in [-0.39, 0.29) is 6.03 Å². The van der Waals surface area contributed by atoms with Gasteiger partial charge in [0, 0.05) is 18.9 Å². The number of hydrogen-bond donors (Lipinski definition) is 2. The van der Waals surface area contributed by atoms with Crippen molar-refractivity contribution in [3.8, 4) is 5.75 Å². The zero-order valence-electron chi connectivity index (χ0n) is 11.6. The van der Waals surface area contributed by atoms with Gasteiger partial charge in [-0.05, 0) is 30.7 Å². The molecule has 0 aliphatic rings. The highest BCUT2D eigenvalue weighted by molar-refractivity contribution is 6.32. The molecule has 2 rings (SSSR count). The summed E-state index contributed by atoms with van der Waals surface area (Å²) in [5.74, 6) is 0.471.